The van der Waals surface area contributed by atoms with E-state index in [1.54, 1.807) is 7.11 Å². The summed E-state index contributed by atoms with van der Waals surface area (Å²) in [6, 6.07) is 19.3. The van der Waals surface area contributed by atoms with Crippen molar-refractivity contribution in [2.24, 2.45) is 11.3 Å². The van der Waals surface area contributed by atoms with Gasteiger partial charge in [-0.3, -0.25) is 4.79 Å². The minimum Gasteiger partial charge on any atom is -0.493 e. The maximum absolute atomic E-state index is 13.8. The van der Waals surface area contributed by atoms with E-state index >= 15 is 0 Å². The zero-order chi connectivity index (χ0) is 28.2. The lowest BCUT2D eigenvalue weighted by molar-refractivity contribution is -0.118. The molecule has 1 aliphatic heterocycles. The van der Waals surface area contributed by atoms with Crippen molar-refractivity contribution in [3.63, 3.8) is 0 Å². The largest absolute Gasteiger partial charge is 0.493 e. The van der Waals surface area contributed by atoms with E-state index in [1.807, 2.05) is 86.3 Å². The predicted molar refractivity (Wildman–Crippen MR) is 158 cm³/mol. The molecule has 1 N–H and O–H groups in total. The lowest BCUT2D eigenvalue weighted by Gasteiger charge is -2.42. The fourth-order valence-corrected chi connectivity index (χ4v) is 7.58. The number of halogens is 1. The third-order valence-electron chi connectivity index (χ3n) is 9.62. The molecule has 0 spiro atoms. The molecule has 40 heavy (non-hydrogen) atoms. The molecular formula is C34H38ClNO4. The number of nitrogens with zero attached hydrogens (tertiary/aromatic N) is 1. The second-order valence-electron chi connectivity index (χ2n) is 12.3. The third-order valence-corrected chi connectivity index (χ3v) is 9.87. The number of anilines is 1. The van der Waals surface area contributed by atoms with Gasteiger partial charge in [0.1, 0.15) is 0 Å². The van der Waals surface area contributed by atoms with Gasteiger partial charge < -0.3 is 19.5 Å². The number of hydrogen-bond donors (Lipinski definition) is 1. The summed E-state index contributed by atoms with van der Waals surface area (Å²) in [7, 11) is 1.62. The van der Waals surface area contributed by atoms with E-state index in [9.17, 15) is 9.90 Å². The maximum atomic E-state index is 13.8. The van der Waals surface area contributed by atoms with Gasteiger partial charge in [0.15, 0.2) is 11.5 Å². The Labute approximate surface area is 242 Å². The molecular weight excluding hydrogens is 522 g/mol. The molecule has 3 aromatic rings. The average molecular weight is 560 g/mol. The minimum absolute atomic E-state index is 0.000405. The number of hydrogen-bond acceptors (Lipinski definition) is 4. The molecule has 0 unspecified atom stereocenters. The van der Waals surface area contributed by atoms with Gasteiger partial charge in [0.2, 0.25) is 5.91 Å². The van der Waals surface area contributed by atoms with E-state index in [4.69, 9.17) is 21.1 Å². The molecule has 0 aromatic heterocycles. The summed E-state index contributed by atoms with van der Waals surface area (Å²) < 4.78 is 11.8. The van der Waals surface area contributed by atoms with Crippen LogP contribution in [0.25, 0.3) is 0 Å². The van der Waals surface area contributed by atoms with E-state index in [1.165, 1.54) is 12.8 Å². The first kappa shape index (κ1) is 27.2. The van der Waals surface area contributed by atoms with E-state index < -0.39 is 5.60 Å². The van der Waals surface area contributed by atoms with Crippen LogP contribution in [0.1, 0.15) is 81.2 Å². The summed E-state index contributed by atoms with van der Waals surface area (Å²) in [6.07, 6.45) is 5.91. The lowest BCUT2D eigenvalue weighted by Crippen LogP contribution is -2.42. The number of benzene rings is 3. The van der Waals surface area contributed by atoms with Gasteiger partial charge in [-0.15, -0.1) is 0 Å². The molecule has 2 atom stereocenters. The Kier molecular flexibility index (Phi) is 6.87. The number of methoxy groups -OCH3 is 1. The van der Waals surface area contributed by atoms with Gasteiger partial charge in [0, 0.05) is 16.1 Å². The Morgan fingerprint density at radius 2 is 1.70 bits per heavy atom. The molecule has 0 radical (unpaired) electrons. The van der Waals surface area contributed by atoms with Crippen LogP contribution in [0.3, 0.4) is 0 Å². The molecule has 210 valence electrons. The van der Waals surface area contributed by atoms with Gasteiger partial charge in [-0.05, 0) is 117 Å². The fourth-order valence-electron chi connectivity index (χ4n) is 7.46. The zero-order valence-electron chi connectivity index (χ0n) is 23.7. The molecule has 2 fully saturated rings. The highest BCUT2D eigenvalue weighted by atomic mass is 35.5. The minimum atomic E-state index is -0.898. The molecule has 3 aromatic carbocycles. The van der Waals surface area contributed by atoms with Crippen LogP contribution in [0, 0.1) is 11.3 Å². The van der Waals surface area contributed by atoms with Crippen molar-refractivity contribution in [3.8, 4) is 11.5 Å². The summed E-state index contributed by atoms with van der Waals surface area (Å²) in [6.45, 7) is 5.95. The van der Waals surface area contributed by atoms with Crippen LogP contribution in [0.4, 0.5) is 5.69 Å². The number of fused-ring (bicyclic) bond motifs is 3. The van der Waals surface area contributed by atoms with E-state index in [0.717, 1.165) is 53.1 Å². The van der Waals surface area contributed by atoms with E-state index in [0.29, 0.717) is 16.5 Å². The monoisotopic (exact) mass is 559 g/mol. The quantitative estimate of drug-likeness (QED) is 0.324. The number of rotatable bonds is 7. The van der Waals surface area contributed by atoms with Crippen LogP contribution in [-0.2, 0) is 16.8 Å². The van der Waals surface area contributed by atoms with Gasteiger partial charge in [-0.1, -0.05) is 35.9 Å². The van der Waals surface area contributed by atoms with Crippen molar-refractivity contribution in [2.45, 2.75) is 77.0 Å². The maximum Gasteiger partial charge on any atom is 0.232 e. The van der Waals surface area contributed by atoms with Crippen molar-refractivity contribution in [2.75, 3.05) is 12.0 Å². The van der Waals surface area contributed by atoms with Crippen LogP contribution in [-0.4, -0.2) is 24.2 Å². The normalized spacial score (nSPS) is 25.2. The SMILES string of the molecule is COc1cc2c(cc1OC(C)C)[C@H](c1ccc(Cl)cc1)N(c1ccc([C@@](C)(O)C34CCC(CC3)C4)cc1)C(=O)C2. The number of amides is 1. The molecule has 6 heteroatoms. The topological polar surface area (TPSA) is 59.0 Å². The number of carbonyl (C=O) groups excluding carboxylic acids is 1. The van der Waals surface area contributed by atoms with Crippen LogP contribution >= 0.6 is 11.6 Å². The molecule has 3 aliphatic rings. The molecule has 6 rings (SSSR count). The zero-order valence-corrected chi connectivity index (χ0v) is 24.5. The smallest absolute Gasteiger partial charge is 0.232 e. The van der Waals surface area contributed by atoms with E-state index in [-0.39, 0.29) is 29.9 Å². The standard InChI is InChI=1S/C34H38ClNO4/c1-21(2)40-30-19-28-24(17-29(30)39-4)18-31(37)36(32(28)23-5-9-26(35)10-6-23)27-11-7-25(8-12-27)33(3,38)34-15-13-22(20-34)14-16-34/h5-12,17,19,21-22,32,38H,13-16,18,20H2,1-4H3/t22?,32-,33+,34?/m0/s1. The summed E-state index contributed by atoms with van der Waals surface area (Å²) >= 11 is 6.25. The van der Waals surface area contributed by atoms with Gasteiger partial charge in [0.05, 0.1) is 31.3 Å². The van der Waals surface area contributed by atoms with E-state index in [2.05, 4.69) is 0 Å². The molecule has 1 heterocycles. The molecule has 2 saturated carbocycles. The first-order valence-corrected chi connectivity index (χ1v) is 14.8. The second kappa shape index (κ2) is 10.1. The summed E-state index contributed by atoms with van der Waals surface area (Å²) in [5.41, 5.74) is 3.65. The van der Waals surface area contributed by atoms with Gasteiger partial charge in [-0.2, -0.15) is 0 Å². The Hall–Kier alpha value is -3.02. The predicted octanol–water partition coefficient (Wildman–Crippen LogP) is 7.60. The first-order valence-electron chi connectivity index (χ1n) is 14.4. The Morgan fingerprint density at radius 1 is 1.02 bits per heavy atom. The number of carbonyl (C=O) groups is 1. The van der Waals surface area contributed by atoms with Crippen LogP contribution < -0.4 is 14.4 Å². The van der Waals surface area contributed by atoms with Gasteiger partial charge >= 0.3 is 0 Å². The molecule has 2 aliphatic carbocycles. The Bertz CT molecular complexity index is 1410. The van der Waals surface area contributed by atoms with Crippen molar-refractivity contribution >= 4 is 23.2 Å². The summed E-state index contributed by atoms with van der Waals surface area (Å²) in [5, 5.41) is 12.5. The van der Waals surface area contributed by atoms with Crippen molar-refractivity contribution < 1.29 is 19.4 Å². The highest BCUT2D eigenvalue weighted by Gasteiger charge is 2.55. The molecule has 1 amide bonds. The van der Waals surface area contributed by atoms with Crippen LogP contribution in [0.2, 0.25) is 5.02 Å². The van der Waals surface area contributed by atoms with Gasteiger partial charge in [0.25, 0.3) is 0 Å². The van der Waals surface area contributed by atoms with Crippen LogP contribution in [0.15, 0.2) is 60.7 Å². The fraction of sp³-hybridized carbons (Fsp3) is 0.441. The van der Waals surface area contributed by atoms with Gasteiger partial charge in [-0.25, -0.2) is 0 Å². The number of aliphatic hydroxyl groups is 1. The first-order chi connectivity index (χ1) is 19.1. The molecule has 0 saturated heterocycles. The summed E-state index contributed by atoms with van der Waals surface area (Å²) in [5.74, 6) is 2.02. The Balaban J connectivity index is 1.42. The van der Waals surface area contributed by atoms with Crippen LogP contribution in [0.5, 0.6) is 11.5 Å². The van der Waals surface area contributed by atoms with Crippen molar-refractivity contribution in [1.82, 2.24) is 0 Å². The summed E-state index contributed by atoms with van der Waals surface area (Å²) in [4.78, 5) is 15.7. The lowest BCUT2D eigenvalue weighted by atomic mass is 9.67. The number of ether oxygens (including phenoxy) is 2. The average Bonchev–Trinajstić information content (AvgIpc) is 3.56. The van der Waals surface area contributed by atoms with Crippen molar-refractivity contribution in [1.29, 1.82) is 0 Å². The highest BCUT2D eigenvalue weighted by molar-refractivity contribution is 6.30. The molecule has 5 nitrogen and oxygen atoms in total. The highest BCUT2D eigenvalue weighted by Crippen LogP contribution is 2.62. The Morgan fingerprint density at radius 3 is 2.27 bits per heavy atom. The second-order valence-corrected chi connectivity index (χ2v) is 12.7. The third kappa shape index (κ3) is 4.48. The van der Waals surface area contributed by atoms with Crippen molar-refractivity contribution in [3.05, 3.63) is 87.9 Å². The molecule has 2 bridgehead atoms.